The number of rotatable bonds is 0. The molecule has 0 aromatic carbocycles. The third-order valence-corrected chi connectivity index (χ3v) is 1.09. The van der Waals surface area contributed by atoms with Crippen LogP contribution in [0, 0.1) is 0 Å². The zero-order chi connectivity index (χ0) is 5.98. The molecule has 1 nitrogen and oxygen atoms in total. The van der Waals surface area contributed by atoms with E-state index in [4.69, 9.17) is 0 Å². The van der Waals surface area contributed by atoms with Crippen LogP contribution in [0.4, 0.5) is 0 Å². The van der Waals surface area contributed by atoms with E-state index in [1.54, 1.807) is 0 Å². The van der Waals surface area contributed by atoms with E-state index in [0.717, 1.165) is 17.8 Å². The second kappa shape index (κ2) is 1.95. The molecule has 1 rings (SSSR count). The van der Waals surface area contributed by atoms with Gasteiger partial charge in [-0.25, -0.2) is 0 Å². The van der Waals surface area contributed by atoms with Crippen molar-refractivity contribution >= 4 is 5.71 Å². The first-order valence-electron chi connectivity index (χ1n) is 2.66. The van der Waals surface area contributed by atoms with E-state index in [1.165, 1.54) is 0 Å². The number of aliphatic imine (C=N–C) groups is 1. The van der Waals surface area contributed by atoms with Gasteiger partial charge in [0.2, 0.25) is 0 Å². The van der Waals surface area contributed by atoms with Gasteiger partial charge in [0.05, 0.1) is 6.54 Å². The molecule has 0 radical (unpaired) electrons. The summed E-state index contributed by atoms with van der Waals surface area (Å²) in [7, 11) is 0. The zero-order valence-electron chi connectivity index (χ0n) is 5.02. The summed E-state index contributed by atoms with van der Waals surface area (Å²) in [5, 5.41) is 0. The quantitative estimate of drug-likeness (QED) is 0.445. The summed E-state index contributed by atoms with van der Waals surface area (Å²) in [6.45, 7) is 6.52. The molecule has 0 unspecified atom stereocenters. The molecule has 1 heteroatoms. The first kappa shape index (κ1) is 5.29. The second-order valence-corrected chi connectivity index (χ2v) is 1.95. The van der Waals surface area contributed by atoms with Crippen molar-refractivity contribution in [1.29, 1.82) is 0 Å². The Kier molecular flexibility index (Phi) is 1.29. The van der Waals surface area contributed by atoms with Crippen LogP contribution in [0.2, 0.25) is 0 Å². The maximum Gasteiger partial charge on any atom is 0.0637 e. The predicted octanol–water partition coefficient (Wildman–Crippen LogP) is 1.57. The second-order valence-electron chi connectivity index (χ2n) is 1.95. The standard InChI is InChI=1S/C7H9N/c1-6-3-4-7(2)8-5-6/h3-4H,1,5H2,2H3. The summed E-state index contributed by atoms with van der Waals surface area (Å²) in [4.78, 5) is 4.14. The van der Waals surface area contributed by atoms with Crippen molar-refractivity contribution in [1.82, 2.24) is 0 Å². The van der Waals surface area contributed by atoms with Crippen LogP contribution in [-0.2, 0) is 0 Å². The van der Waals surface area contributed by atoms with Gasteiger partial charge in [-0.2, -0.15) is 0 Å². The Balaban J connectivity index is 2.71. The predicted molar refractivity (Wildman–Crippen MR) is 36.3 cm³/mol. The Labute approximate surface area is 49.4 Å². The largest absolute Gasteiger partial charge is 0.285 e. The monoisotopic (exact) mass is 107 g/mol. The molecule has 1 aliphatic heterocycles. The molecule has 0 aromatic heterocycles. The summed E-state index contributed by atoms with van der Waals surface area (Å²) >= 11 is 0. The summed E-state index contributed by atoms with van der Waals surface area (Å²) in [5.74, 6) is 0. The van der Waals surface area contributed by atoms with Crippen LogP contribution in [0.15, 0.2) is 29.3 Å². The lowest BCUT2D eigenvalue weighted by Crippen LogP contribution is -1.95. The van der Waals surface area contributed by atoms with E-state index in [-0.39, 0.29) is 0 Å². The summed E-state index contributed by atoms with van der Waals surface area (Å²) in [6, 6.07) is 0. The van der Waals surface area contributed by atoms with Crippen LogP contribution in [0.5, 0.6) is 0 Å². The van der Waals surface area contributed by atoms with Crippen LogP contribution >= 0.6 is 0 Å². The van der Waals surface area contributed by atoms with Crippen LogP contribution < -0.4 is 0 Å². The molecule has 0 N–H and O–H groups in total. The Morgan fingerprint density at radius 3 is 2.75 bits per heavy atom. The smallest absolute Gasteiger partial charge is 0.0637 e. The van der Waals surface area contributed by atoms with Gasteiger partial charge in [-0.3, -0.25) is 4.99 Å². The Morgan fingerprint density at radius 2 is 2.38 bits per heavy atom. The Hall–Kier alpha value is -0.850. The molecule has 0 atom stereocenters. The van der Waals surface area contributed by atoms with Crippen molar-refractivity contribution < 1.29 is 0 Å². The van der Waals surface area contributed by atoms with Gasteiger partial charge in [-0.05, 0) is 18.6 Å². The minimum Gasteiger partial charge on any atom is -0.285 e. The minimum atomic E-state index is 0.780. The van der Waals surface area contributed by atoms with E-state index in [0.29, 0.717) is 0 Å². The highest BCUT2D eigenvalue weighted by molar-refractivity contribution is 5.94. The molecule has 0 fully saturated rings. The topological polar surface area (TPSA) is 12.4 Å². The molecule has 8 heavy (non-hydrogen) atoms. The third kappa shape index (κ3) is 1.06. The fraction of sp³-hybridized carbons (Fsp3) is 0.286. The van der Waals surface area contributed by atoms with E-state index in [1.807, 2.05) is 19.1 Å². The highest BCUT2D eigenvalue weighted by atomic mass is 14.7. The number of dihydropyridines is 1. The van der Waals surface area contributed by atoms with Gasteiger partial charge in [-0.1, -0.05) is 12.7 Å². The van der Waals surface area contributed by atoms with E-state index in [9.17, 15) is 0 Å². The van der Waals surface area contributed by atoms with Crippen molar-refractivity contribution in [2.45, 2.75) is 6.92 Å². The molecule has 0 bridgehead atoms. The highest BCUT2D eigenvalue weighted by Gasteiger charge is 1.92. The first-order chi connectivity index (χ1) is 3.79. The fourth-order valence-electron chi connectivity index (χ4n) is 0.570. The van der Waals surface area contributed by atoms with E-state index < -0.39 is 0 Å². The first-order valence-corrected chi connectivity index (χ1v) is 2.66. The normalized spacial score (nSPS) is 18.6. The molecule has 0 saturated carbocycles. The maximum atomic E-state index is 4.14. The van der Waals surface area contributed by atoms with Gasteiger partial charge in [0.15, 0.2) is 0 Å². The van der Waals surface area contributed by atoms with Gasteiger partial charge in [-0.15, -0.1) is 0 Å². The fourth-order valence-corrected chi connectivity index (χ4v) is 0.570. The Bertz CT molecular complexity index is 160. The summed E-state index contributed by atoms with van der Waals surface area (Å²) in [6.07, 6.45) is 3.98. The third-order valence-electron chi connectivity index (χ3n) is 1.09. The van der Waals surface area contributed by atoms with Gasteiger partial charge in [0.1, 0.15) is 0 Å². The number of hydrogen-bond acceptors (Lipinski definition) is 1. The van der Waals surface area contributed by atoms with Crippen LogP contribution in [0.3, 0.4) is 0 Å². The van der Waals surface area contributed by atoms with Gasteiger partial charge in [0.25, 0.3) is 0 Å². The van der Waals surface area contributed by atoms with Crippen molar-refractivity contribution in [2.75, 3.05) is 6.54 Å². The van der Waals surface area contributed by atoms with Crippen LogP contribution in [0.25, 0.3) is 0 Å². The van der Waals surface area contributed by atoms with Crippen molar-refractivity contribution in [3.05, 3.63) is 24.3 Å². The molecular weight excluding hydrogens is 98.1 g/mol. The lowest BCUT2D eigenvalue weighted by atomic mass is 10.2. The molecule has 1 aliphatic rings. The maximum absolute atomic E-state index is 4.14. The van der Waals surface area contributed by atoms with Crippen LogP contribution in [-0.4, -0.2) is 12.3 Å². The van der Waals surface area contributed by atoms with Crippen LogP contribution in [0.1, 0.15) is 6.92 Å². The average molecular weight is 107 g/mol. The van der Waals surface area contributed by atoms with Crippen molar-refractivity contribution in [2.24, 2.45) is 4.99 Å². The number of nitrogens with zero attached hydrogens (tertiary/aromatic N) is 1. The molecule has 0 spiro atoms. The Morgan fingerprint density at radius 1 is 1.62 bits per heavy atom. The SMILES string of the molecule is C=C1C=CC(C)=NC1. The molecule has 0 aliphatic carbocycles. The number of hydrogen-bond donors (Lipinski definition) is 0. The molecule has 42 valence electrons. The van der Waals surface area contributed by atoms with E-state index >= 15 is 0 Å². The number of allylic oxidation sites excluding steroid dienone is 1. The zero-order valence-corrected chi connectivity index (χ0v) is 5.02. The summed E-state index contributed by atoms with van der Waals surface area (Å²) in [5.41, 5.74) is 2.19. The highest BCUT2D eigenvalue weighted by Crippen LogP contribution is 2.00. The summed E-state index contributed by atoms with van der Waals surface area (Å²) < 4.78 is 0. The van der Waals surface area contributed by atoms with Crippen molar-refractivity contribution in [3.63, 3.8) is 0 Å². The minimum absolute atomic E-state index is 0.780. The average Bonchev–Trinajstić information content (AvgIpc) is 1.77. The van der Waals surface area contributed by atoms with Gasteiger partial charge >= 0.3 is 0 Å². The molecule has 0 amide bonds. The van der Waals surface area contributed by atoms with Gasteiger partial charge < -0.3 is 0 Å². The molecule has 0 aromatic rings. The van der Waals surface area contributed by atoms with Crippen molar-refractivity contribution in [3.8, 4) is 0 Å². The van der Waals surface area contributed by atoms with E-state index in [2.05, 4.69) is 11.6 Å². The molecule has 0 saturated heterocycles. The van der Waals surface area contributed by atoms with Gasteiger partial charge in [0, 0.05) is 5.71 Å². The lowest BCUT2D eigenvalue weighted by molar-refractivity contribution is 1.17. The molecular formula is C7H9N. The molecule has 1 heterocycles. The lowest BCUT2D eigenvalue weighted by Gasteiger charge is -2.00.